The van der Waals surface area contributed by atoms with E-state index in [0.717, 1.165) is 16.9 Å². The number of thioether (sulfide) groups is 1. The number of benzene rings is 1. The Morgan fingerprint density at radius 2 is 2.05 bits per heavy atom. The maximum atomic E-state index is 12.6. The Balaban J connectivity index is 3.19. The van der Waals surface area contributed by atoms with Crippen molar-refractivity contribution in [3.8, 4) is 0 Å². The molecule has 1 aromatic carbocycles. The number of rotatable bonds is 6. The van der Waals surface area contributed by atoms with Crippen LogP contribution in [0.3, 0.4) is 0 Å². The highest BCUT2D eigenvalue weighted by Gasteiger charge is 2.26. The van der Waals surface area contributed by atoms with E-state index in [1.807, 2.05) is 19.2 Å². The predicted molar refractivity (Wildman–Crippen MR) is 83.5 cm³/mol. The van der Waals surface area contributed by atoms with Gasteiger partial charge in [-0.1, -0.05) is 12.1 Å². The average Bonchev–Trinajstić information content (AvgIpc) is 2.38. The van der Waals surface area contributed by atoms with Crippen LogP contribution in [0.2, 0.25) is 0 Å². The van der Waals surface area contributed by atoms with Crippen LogP contribution in [0.5, 0.6) is 0 Å². The second kappa shape index (κ2) is 6.97. The summed E-state index contributed by atoms with van der Waals surface area (Å²) in [6.07, 6.45) is 1.97. The van der Waals surface area contributed by atoms with Crippen molar-refractivity contribution in [1.29, 1.82) is 0 Å². The van der Waals surface area contributed by atoms with Gasteiger partial charge in [-0.3, -0.25) is 0 Å². The van der Waals surface area contributed by atoms with Gasteiger partial charge in [0.05, 0.1) is 4.90 Å². The van der Waals surface area contributed by atoms with Gasteiger partial charge in [-0.25, -0.2) is 8.42 Å². The molecule has 0 fully saturated rings. The van der Waals surface area contributed by atoms with Crippen molar-refractivity contribution in [2.24, 2.45) is 0 Å². The Hall–Kier alpha value is -0.230. The molecular formula is C13H20ClNO2S2. The zero-order valence-corrected chi connectivity index (χ0v) is 14.1. The molecule has 0 aliphatic carbocycles. The smallest absolute Gasteiger partial charge is 0.207 e. The maximum absolute atomic E-state index is 12.6. The quantitative estimate of drug-likeness (QED) is 0.756. The standard InChI is InChI=1S/C13H20ClNO2S2/c1-10-5-6-12(8-14)7-13(10)19(16,17)15(3)11(2)9-18-4/h5-7,11H,8-9H2,1-4H3. The van der Waals surface area contributed by atoms with E-state index in [4.69, 9.17) is 11.6 Å². The largest absolute Gasteiger partial charge is 0.243 e. The van der Waals surface area contributed by atoms with Crippen molar-refractivity contribution < 1.29 is 8.42 Å². The first kappa shape index (κ1) is 16.8. The Morgan fingerprint density at radius 3 is 2.58 bits per heavy atom. The highest BCUT2D eigenvalue weighted by Crippen LogP contribution is 2.23. The Kier molecular flexibility index (Phi) is 6.17. The van der Waals surface area contributed by atoms with E-state index in [2.05, 4.69) is 0 Å². The Morgan fingerprint density at radius 1 is 1.42 bits per heavy atom. The molecule has 108 valence electrons. The van der Waals surface area contributed by atoms with Gasteiger partial charge in [0, 0.05) is 24.7 Å². The molecule has 1 atom stereocenters. The van der Waals surface area contributed by atoms with E-state index in [9.17, 15) is 8.42 Å². The third-order valence-electron chi connectivity index (χ3n) is 3.09. The minimum Gasteiger partial charge on any atom is -0.207 e. The van der Waals surface area contributed by atoms with Crippen molar-refractivity contribution in [2.45, 2.75) is 30.7 Å². The molecule has 0 amide bonds. The molecule has 0 saturated heterocycles. The summed E-state index contributed by atoms with van der Waals surface area (Å²) in [5.41, 5.74) is 1.56. The van der Waals surface area contributed by atoms with Crippen LogP contribution >= 0.6 is 23.4 Å². The molecule has 1 aromatic rings. The van der Waals surface area contributed by atoms with Crippen molar-refractivity contribution >= 4 is 33.4 Å². The van der Waals surface area contributed by atoms with Gasteiger partial charge >= 0.3 is 0 Å². The molecule has 0 spiro atoms. The molecule has 0 bridgehead atoms. The summed E-state index contributed by atoms with van der Waals surface area (Å²) in [6.45, 7) is 3.72. The summed E-state index contributed by atoms with van der Waals surface area (Å²) in [5.74, 6) is 1.08. The first-order valence-corrected chi connectivity index (χ1v) is 9.34. The van der Waals surface area contributed by atoms with Crippen LogP contribution in [-0.2, 0) is 15.9 Å². The zero-order valence-electron chi connectivity index (χ0n) is 11.7. The lowest BCUT2D eigenvalue weighted by atomic mass is 10.2. The number of aryl methyl sites for hydroxylation is 1. The van der Waals surface area contributed by atoms with E-state index < -0.39 is 10.0 Å². The summed E-state index contributed by atoms with van der Waals surface area (Å²) in [6, 6.07) is 5.28. The molecule has 0 heterocycles. The van der Waals surface area contributed by atoms with Crippen LogP contribution in [0.4, 0.5) is 0 Å². The SMILES string of the molecule is CSCC(C)N(C)S(=O)(=O)c1cc(CCl)ccc1C. The predicted octanol–water partition coefficient (Wildman–Crippen LogP) is 3.11. The lowest BCUT2D eigenvalue weighted by Gasteiger charge is -2.24. The van der Waals surface area contributed by atoms with Crippen molar-refractivity contribution in [3.05, 3.63) is 29.3 Å². The normalized spacial score (nSPS) is 13.8. The van der Waals surface area contributed by atoms with Gasteiger partial charge in [-0.15, -0.1) is 11.6 Å². The maximum Gasteiger partial charge on any atom is 0.243 e. The lowest BCUT2D eigenvalue weighted by molar-refractivity contribution is 0.414. The van der Waals surface area contributed by atoms with Crippen LogP contribution in [0.15, 0.2) is 23.1 Å². The molecule has 3 nitrogen and oxygen atoms in total. The zero-order chi connectivity index (χ0) is 14.6. The van der Waals surface area contributed by atoms with Gasteiger partial charge in [0.2, 0.25) is 10.0 Å². The Bertz CT molecular complexity index is 531. The van der Waals surface area contributed by atoms with Crippen molar-refractivity contribution in [1.82, 2.24) is 4.31 Å². The molecule has 19 heavy (non-hydrogen) atoms. The van der Waals surface area contributed by atoms with Crippen molar-refractivity contribution in [3.63, 3.8) is 0 Å². The summed E-state index contributed by atoms with van der Waals surface area (Å²) >= 11 is 7.42. The second-order valence-electron chi connectivity index (χ2n) is 4.56. The number of halogens is 1. The topological polar surface area (TPSA) is 37.4 Å². The van der Waals surface area contributed by atoms with Gasteiger partial charge in [-0.2, -0.15) is 16.1 Å². The lowest BCUT2D eigenvalue weighted by Crippen LogP contribution is -2.36. The number of hydrogen-bond donors (Lipinski definition) is 0. The molecular weight excluding hydrogens is 302 g/mol. The highest BCUT2D eigenvalue weighted by molar-refractivity contribution is 7.98. The number of hydrogen-bond acceptors (Lipinski definition) is 3. The summed E-state index contributed by atoms with van der Waals surface area (Å²) in [7, 11) is -1.83. The molecule has 0 saturated carbocycles. The van der Waals surface area contributed by atoms with Gasteiger partial charge in [0.15, 0.2) is 0 Å². The van der Waals surface area contributed by atoms with Gasteiger partial charge in [0.1, 0.15) is 0 Å². The van der Waals surface area contributed by atoms with Gasteiger partial charge in [-0.05, 0) is 37.3 Å². The fourth-order valence-corrected chi connectivity index (χ4v) is 4.34. The van der Waals surface area contributed by atoms with E-state index >= 15 is 0 Å². The number of nitrogens with zero attached hydrogens (tertiary/aromatic N) is 1. The highest BCUT2D eigenvalue weighted by atomic mass is 35.5. The van der Waals surface area contributed by atoms with Crippen LogP contribution in [0.1, 0.15) is 18.1 Å². The third-order valence-corrected chi connectivity index (χ3v) is 6.33. The van der Waals surface area contributed by atoms with Crippen LogP contribution in [0, 0.1) is 6.92 Å². The minimum atomic E-state index is -3.46. The molecule has 0 aliphatic heterocycles. The van der Waals surface area contributed by atoms with Crippen molar-refractivity contribution in [2.75, 3.05) is 19.1 Å². The monoisotopic (exact) mass is 321 g/mol. The molecule has 0 aromatic heterocycles. The van der Waals surface area contributed by atoms with Gasteiger partial charge in [0.25, 0.3) is 0 Å². The minimum absolute atomic E-state index is 0.0425. The summed E-state index contributed by atoms with van der Waals surface area (Å²) in [5, 5.41) is 0. The summed E-state index contributed by atoms with van der Waals surface area (Å²) < 4.78 is 26.7. The van der Waals surface area contributed by atoms with E-state index in [-0.39, 0.29) is 6.04 Å². The number of alkyl halides is 1. The Labute approximate surface area is 125 Å². The van der Waals surface area contributed by atoms with E-state index in [1.54, 1.807) is 37.9 Å². The van der Waals surface area contributed by atoms with Crippen LogP contribution in [0.25, 0.3) is 0 Å². The first-order chi connectivity index (χ1) is 8.84. The summed E-state index contributed by atoms with van der Waals surface area (Å²) in [4.78, 5) is 0.348. The molecule has 6 heteroatoms. The van der Waals surface area contributed by atoms with Gasteiger partial charge < -0.3 is 0 Å². The van der Waals surface area contributed by atoms with Crippen LogP contribution < -0.4 is 0 Å². The fourth-order valence-electron chi connectivity index (χ4n) is 1.74. The second-order valence-corrected chi connectivity index (χ2v) is 7.70. The molecule has 1 rings (SSSR count). The third kappa shape index (κ3) is 3.88. The van der Waals surface area contributed by atoms with E-state index in [1.165, 1.54) is 4.31 Å². The van der Waals surface area contributed by atoms with E-state index in [0.29, 0.717) is 10.8 Å². The fraction of sp³-hybridized carbons (Fsp3) is 0.538. The molecule has 0 radical (unpaired) electrons. The molecule has 0 N–H and O–H groups in total. The number of sulfonamides is 1. The first-order valence-electron chi connectivity index (χ1n) is 5.97. The molecule has 0 aliphatic rings. The average molecular weight is 322 g/mol. The molecule has 1 unspecified atom stereocenters. The van der Waals surface area contributed by atoms with Crippen LogP contribution in [-0.4, -0.2) is 37.8 Å².